The Labute approximate surface area is 267 Å². The summed E-state index contributed by atoms with van der Waals surface area (Å²) in [5.41, 5.74) is 6.37. The summed E-state index contributed by atoms with van der Waals surface area (Å²) in [4.78, 5) is 13.4. The second-order valence-corrected chi connectivity index (χ2v) is 13.5. The van der Waals surface area contributed by atoms with Crippen LogP contribution in [0.1, 0.15) is 44.1 Å². The molecule has 13 heteroatoms. The van der Waals surface area contributed by atoms with Crippen molar-refractivity contribution in [3.8, 4) is 23.2 Å². The Morgan fingerprint density at radius 2 is 1.89 bits per heavy atom. The Morgan fingerprint density at radius 3 is 2.60 bits per heavy atom. The number of hydrogen-bond acceptors (Lipinski definition) is 9. The average Bonchev–Trinajstić information content (AvgIpc) is 3.70. The number of benzene rings is 2. The van der Waals surface area contributed by atoms with Crippen LogP contribution in [0.3, 0.4) is 0 Å². The maximum absolute atomic E-state index is 16.4. The SMILES string of the molecule is COc1nc(N2C3CCCC2COC3)c2cc(Cl)c(-c3ccc(F)c4sc(N)c(C#N)c34)c(F)c2n1.FC1CC2CCCN2C1. The van der Waals surface area contributed by atoms with Crippen molar-refractivity contribution < 1.29 is 22.6 Å². The van der Waals surface area contributed by atoms with Gasteiger partial charge in [0.1, 0.15) is 34.4 Å². The molecule has 8 rings (SSSR count). The number of nitriles is 1. The van der Waals surface area contributed by atoms with E-state index in [2.05, 4.69) is 19.8 Å². The highest BCUT2D eigenvalue weighted by molar-refractivity contribution is 7.23. The van der Waals surface area contributed by atoms with E-state index >= 15 is 4.39 Å². The lowest BCUT2D eigenvalue weighted by atomic mass is 9.93. The van der Waals surface area contributed by atoms with Gasteiger partial charge in [0.25, 0.3) is 0 Å². The fourth-order valence-electron chi connectivity index (χ4n) is 7.41. The van der Waals surface area contributed by atoms with Crippen LogP contribution in [0.25, 0.3) is 32.1 Å². The second kappa shape index (κ2) is 12.1. The number of nitrogen functional groups attached to an aromatic ring is 1. The van der Waals surface area contributed by atoms with Crippen molar-refractivity contribution in [2.24, 2.45) is 0 Å². The van der Waals surface area contributed by atoms with E-state index in [9.17, 15) is 14.0 Å². The summed E-state index contributed by atoms with van der Waals surface area (Å²) in [6.45, 7) is 2.97. The third-order valence-electron chi connectivity index (χ3n) is 9.41. The third-order valence-corrected chi connectivity index (χ3v) is 10.7. The van der Waals surface area contributed by atoms with Crippen molar-refractivity contribution in [3.63, 3.8) is 0 Å². The van der Waals surface area contributed by atoms with Crippen molar-refractivity contribution in [1.82, 2.24) is 14.9 Å². The zero-order valence-electron chi connectivity index (χ0n) is 24.7. The molecule has 4 atom stereocenters. The average molecular weight is 657 g/mol. The number of anilines is 2. The number of methoxy groups -OCH3 is 1. The molecule has 2 aromatic heterocycles. The topological polar surface area (TPSA) is 101 Å². The van der Waals surface area contributed by atoms with E-state index in [1.165, 1.54) is 32.1 Å². The van der Waals surface area contributed by atoms with Crippen LogP contribution in [-0.2, 0) is 4.74 Å². The van der Waals surface area contributed by atoms with E-state index in [-0.39, 0.29) is 60.4 Å². The Balaban J connectivity index is 0.000000308. The first-order valence-corrected chi connectivity index (χ1v) is 16.4. The van der Waals surface area contributed by atoms with E-state index in [1.54, 1.807) is 6.07 Å². The molecule has 0 saturated carbocycles. The summed E-state index contributed by atoms with van der Waals surface area (Å²) in [5, 5.41) is 10.6. The van der Waals surface area contributed by atoms with Gasteiger partial charge in [-0.3, -0.25) is 4.90 Å². The lowest BCUT2D eigenvalue weighted by molar-refractivity contribution is 0.0459. The highest BCUT2D eigenvalue weighted by atomic mass is 35.5. The van der Waals surface area contributed by atoms with E-state index in [1.807, 2.05) is 6.07 Å². The number of nitrogens with two attached hydrogens (primary N) is 1. The number of halogens is 4. The second-order valence-electron chi connectivity index (χ2n) is 12.0. The normalized spacial score (nSPS) is 24.4. The molecule has 4 fully saturated rings. The molecule has 4 aliphatic rings. The van der Waals surface area contributed by atoms with Gasteiger partial charge in [0.15, 0.2) is 5.82 Å². The molecule has 2 N–H and O–H groups in total. The van der Waals surface area contributed by atoms with Crippen molar-refractivity contribution in [1.29, 1.82) is 5.26 Å². The van der Waals surface area contributed by atoms with E-state index in [4.69, 9.17) is 26.8 Å². The Kier molecular flexibility index (Phi) is 8.14. The standard InChI is InChI=1S/C25H20ClF2N5O2S.C7H12FN/c1-34-25-31-21-14(24(32-25)33-11-3-2-4-12(33)10-35-9-11)7-16(26)19(20(21)28)13-5-6-17(27)22-18(13)15(8-29)23(30)36-22;8-6-4-7-2-1-3-9(7)5-6/h5-7,11-12H,2-4,9-10,30H2,1H3;6-7H,1-5H2. The van der Waals surface area contributed by atoms with E-state index < -0.39 is 17.8 Å². The summed E-state index contributed by atoms with van der Waals surface area (Å²) >= 11 is 7.66. The molecule has 4 aromatic rings. The Bertz CT molecular complexity index is 1800. The van der Waals surface area contributed by atoms with E-state index in [0.717, 1.165) is 43.6 Å². The quantitative estimate of drug-likeness (QED) is 0.255. The zero-order chi connectivity index (χ0) is 31.4. The highest BCUT2D eigenvalue weighted by Crippen LogP contribution is 2.46. The van der Waals surface area contributed by atoms with Crippen LogP contribution in [0.5, 0.6) is 6.01 Å². The first-order chi connectivity index (χ1) is 21.8. The van der Waals surface area contributed by atoms with Gasteiger partial charge in [0.05, 0.1) is 47.7 Å². The molecule has 45 heavy (non-hydrogen) atoms. The van der Waals surface area contributed by atoms with Crippen LogP contribution in [0.15, 0.2) is 18.2 Å². The fourth-order valence-corrected chi connectivity index (χ4v) is 8.65. The van der Waals surface area contributed by atoms with Crippen LogP contribution >= 0.6 is 22.9 Å². The molecule has 2 aromatic carbocycles. The summed E-state index contributed by atoms with van der Waals surface area (Å²) < 4.78 is 54.9. The molecule has 4 aliphatic heterocycles. The van der Waals surface area contributed by atoms with Gasteiger partial charge < -0.3 is 20.1 Å². The van der Waals surface area contributed by atoms with Crippen molar-refractivity contribution in [3.05, 3.63) is 40.4 Å². The van der Waals surface area contributed by atoms with Gasteiger partial charge in [-0.2, -0.15) is 15.2 Å². The molecule has 8 nitrogen and oxygen atoms in total. The number of fused-ring (bicyclic) bond motifs is 5. The van der Waals surface area contributed by atoms with Gasteiger partial charge in [0.2, 0.25) is 0 Å². The first kappa shape index (κ1) is 30.3. The molecule has 2 bridgehead atoms. The molecule has 236 valence electrons. The summed E-state index contributed by atoms with van der Waals surface area (Å²) in [5.74, 6) is -0.710. The molecular weight excluding hydrogens is 625 g/mol. The van der Waals surface area contributed by atoms with Gasteiger partial charge in [-0.05, 0) is 62.8 Å². The molecule has 4 unspecified atom stereocenters. The maximum atomic E-state index is 16.4. The summed E-state index contributed by atoms with van der Waals surface area (Å²) in [7, 11) is 1.43. The molecular formula is C32H32ClF3N6O2S. The zero-order valence-corrected chi connectivity index (χ0v) is 26.2. The van der Waals surface area contributed by atoms with E-state index in [0.29, 0.717) is 37.0 Å². The van der Waals surface area contributed by atoms with Crippen molar-refractivity contribution in [2.45, 2.75) is 62.8 Å². The van der Waals surface area contributed by atoms with Crippen molar-refractivity contribution in [2.75, 3.05) is 44.0 Å². The highest BCUT2D eigenvalue weighted by Gasteiger charge is 2.38. The first-order valence-electron chi connectivity index (χ1n) is 15.2. The number of aromatic nitrogens is 2. The third kappa shape index (κ3) is 5.23. The minimum Gasteiger partial charge on any atom is -0.467 e. The van der Waals surface area contributed by atoms with Crippen LogP contribution in [-0.4, -0.2) is 72.6 Å². The van der Waals surface area contributed by atoms with Gasteiger partial charge in [-0.15, -0.1) is 11.3 Å². The van der Waals surface area contributed by atoms with Crippen LogP contribution in [0.2, 0.25) is 5.02 Å². The maximum Gasteiger partial charge on any atom is 0.318 e. The number of morpholine rings is 1. The minimum atomic E-state index is -0.709. The van der Waals surface area contributed by atoms with Gasteiger partial charge >= 0.3 is 6.01 Å². The predicted molar refractivity (Wildman–Crippen MR) is 170 cm³/mol. The number of ether oxygens (including phenoxy) is 2. The lowest BCUT2D eigenvalue weighted by Crippen LogP contribution is -2.55. The van der Waals surface area contributed by atoms with Gasteiger partial charge in [-0.1, -0.05) is 17.7 Å². The molecule has 4 saturated heterocycles. The number of hydrogen-bond donors (Lipinski definition) is 1. The van der Waals surface area contributed by atoms with Crippen LogP contribution in [0, 0.1) is 23.0 Å². The fraction of sp³-hybridized carbons (Fsp3) is 0.469. The number of piperidine rings is 1. The monoisotopic (exact) mass is 656 g/mol. The Morgan fingerprint density at radius 1 is 1.13 bits per heavy atom. The lowest BCUT2D eigenvalue weighted by Gasteiger charge is -2.46. The molecule has 0 radical (unpaired) electrons. The van der Waals surface area contributed by atoms with Gasteiger partial charge in [0, 0.05) is 28.9 Å². The summed E-state index contributed by atoms with van der Waals surface area (Å²) in [6.07, 6.45) is 5.76. The molecule has 0 amide bonds. The number of rotatable bonds is 3. The van der Waals surface area contributed by atoms with Gasteiger partial charge in [-0.25, -0.2) is 13.2 Å². The molecule has 0 aliphatic carbocycles. The summed E-state index contributed by atoms with van der Waals surface area (Å²) in [6, 6.07) is 7.11. The van der Waals surface area contributed by atoms with Crippen LogP contribution in [0.4, 0.5) is 24.0 Å². The van der Waals surface area contributed by atoms with Crippen molar-refractivity contribution >= 4 is 54.7 Å². The predicted octanol–water partition coefficient (Wildman–Crippen LogP) is 6.86. The molecule has 0 spiro atoms. The smallest absolute Gasteiger partial charge is 0.318 e. The van der Waals surface area contributed by atoms with Crippen LogP contribution < -0.4 is 15.4 Å². The number of alkyl halides is 1. The minimum absolute atomic E-state index is 0.0114. The Hall–Kier alpha value is -3.37. The number of nitrogens with zero attached hydrogens (tertiary/aromatic N) is 5. The largest absolute Gasteiger partial charge is 0.467 e. The molecule has 6 heterocycles. The number of thiophene rings is 1.